The van der Waals surface area contributed by atoms with E-state index in [2.05, 4.69) is 20.5 Å². The van der Waals surface area contributed by atoms with Gasteiger partial charge in [-0.05, 0) is 31.5 Å². The Morgan fingerprint density at radius 1 is 1.17 bits per heavy atom. The van der Waals surface area contributed by atoms with Crippen LogP contribution in [-0.2, 0) is 6.54 Å². The third kappa shape index (κ3) is 2.94. The summed E-state index contributed by atoms with van der Waals surface area (Å²) in [6, 6.07) is 7.86. The van der Waals surface area contributed by atoms with Gasteiger partial charge in [0.2, 0.25) is 5.95 Å². The van der Waals surface area contributed by atoms with Crippen molar-refractivity contribution < 1.29 is 4.74 Å². The maximum atomic E-state index is 5.17. The van der Waals surface area contributed by atoms with E-state index in [0.717, 1.165) is 22.7 Å². The summed E-state index contributed by atoms with van der Waals surface area (Å²) >= 11 is 0. The monoisotopic (exact) mass is 244 g/mol. The first-order valence-corrected chi connectivity index (χ1v) is 5.74. The van der Waals surface area contributed by atoms with Crippen molar-refractivity contribution >= 4 is 5.95 Å². The predicted molar refractivity (Wildman–Crippen MR) is 69.6 cm³/mol. The van der Waals surface area contributed by atoms with Gasteiger partial charge >= 0.3 is 0 Å². The van der Waals surface area contributed by atoms with Gasteiger partial charge in [0.1, 0.15) is 5.75 Å². The lowest BCUT2D eigenvalue weighted by molar-refractivity contribution is 0.414. The Bertz CT molecular complexity index is 542. The van der Waals surface area contributed by atoms with Crippen molar-refractivity contribution in [2.75, 3.05) is 12.4 Å². The van der Waals surface area contributed by atoms with Gasteiger partial charge in [-0.2, -0.15) is 5.10 Å². The lowest BCUT2D eigenvalue weighted by atomic mass is 10.2. The number of methoxy groups -OCH3 is 1. The molecule has 0 aliphatic rings. The molecule has 0 fully saturated rings. The van der Waals surface area contributed by atoms with E-state index in [1.165, 1.54) is 0 Å². The highest BCUT2D eigenvalue weighted by Crippen LogP contribution is 2.13. The van der Waals surface area contributed by atoms with Gasteiger partial charge in [0.25, 0.3) is 0 Å². The van der Waals surface area contributed by atoms with Crippen molar-refractivity contribution in [2.24, 2.45) is 0 Å². The number of aromatic nitrogens is 3. The molecule has 1 N–H and O–H groups in total. The number of nitrogens with zero attached hydrogens (tertiary/aromatic N) is 3. The van der Waals surface area contributed by atoms with Gasteiger partial charge in [0.15, 0.2) is 0 Å². The minimum absolute atomic E-state index is 0.543. The molecule has 0 atom stereocenters. The number of hydrogen-bond donors (Lipinski definition) is 1. The molecule has 18 heavy (non-hydrogen) atoms. The van der Waals surface area contributed by atoms with Crippen LogP contribution >= 0.6 is 0 Å². The van der Waals surface area contributed by atoms with Crippen molar-refractivity contribution in [1.82, 2.24) is 15.2 Å². The van der Waals surface area contributed by atoms with Gasteiger partial charge in [0.05, 0.1) is 18.5 Å². The maximum Gasteiger partial charge on any atom is 0.243 e. The molecule has 0 saturated heterocycles. The van der Waals surface area contributed by atoms with Crippen LogP contribution < -0.4 is 10.1 Å². The molecule has 0 amide bonds. The summed E-state index contributed by atoms with van der Waals surface area (Å²) in [5.41, 5.74) is 2.84. The Morgan fingerprint density at radius 3 is 2.72 bits per heavy atom. The minimum Gasteiger partial charge on any atom is -0.497 e. The molecule has 5 heteroatoms. The predicted octanol–water partition coefficient (Wildman–Crippen LogP) is 2.11. The minimum atomic E-state index is 0.543. The Balaban J connectivity index is 2.04. The Morgan fingerprint density at radius 2 is 2.00 bits per heavy atom. The molecule has 1 heterocycles. The molecule has 2 aromatic rings. The zero-order valence-corrected chi connectivity index (χ0v) is 10.8. The highest BCUT2D eigenvalue weighted by molar-refractivity contribution is 5.32. The summed E-state index contributed by atoms with van der Waals surface area (Å²) in [4.78, 5) is 4.31. The number of anilines is 1. The summed E-state index contributed by atoms with van der Waals surface area (Å²) in [5, 5.41) is 11.2. The van der Waals surface area contributed by atoms with Gasteiger partial charge < -0.3 is 10.1 Å². The molecular formula is C13H16N4O. The summed E-state index contributed by atoms with van der Waals surface area (Å²) < 4.78 is 5.17. The second kappa shape index (κ2) is 5.44. The van der Waals surface area contributed by atoms with Gasteiger partial charge in [-0.3, -0.25) is 0 Å². The third-order valence-electron chi connectivity index (χ3n) is 2.68. The molecule has 5 nitrogen and oxygen atoms in total. The number of nitrogens with one attached hydrogen (secondary N) is 1. The van der Waals surface area contributed by atoms with Crippen molar-refractivity contribution in [3.05, 3.63) is 41.2 Å². The zero-order valence-electron chi connectivity index (χ0n) is 10.8. The molecule has 0 spiro atoms. The van der Waals surface area contributed by atoms with E-state index >= 15 is 0 Å². The maximum absolute atomic E-state index is 5.17. The van der Waals surface area contributed by atoms with Crippen molar-refractivity contribution in [3.8, 4) is 5.75 Å². The van der Waals surface area contributed by atoms with E-state index in [0.29, 0.717) is 12.5 Å². The second-order valence-corrected chi connectivity index (χ2v) is 4.01. The highest BCUT2D eigenvalue weighted by atomic mass is 16.5. The molecule has 94 valence electrons. The molecule has 0 radical (unpaired) electrons. The fraction of sp³-hybridized carbons (Fsp3) is 0.308. The first-order valence-electron chi connectivity index (χ1n) is 5.74. The van der Waals surface area contributed by atoms with Crippen molar-refractivity contribution in [2.45, 2.75) is 20.4 Å². The van der Waals surface area contributed by atoms with E-state index in [1.54, 1.807) is 7.11 Å². The van der Waals surface area contributed by atoms with Gasteiger partial charge in [-0.1, -0.05) is 12.1 Å². The van der Waals surface area contributed by atoms with Crippen LogP contribution in [0.15, 0.2) is 24.3 Å². The second-order valence-electron chi connectivity index (χ2n) is 4.01. The van der Waals surface area contributed by atoms with Crippen LogP contribution in [0.2, 0.25) is 0 Å². The lowest BCUT2D eigenvalue weighted by Crippen LogP contribution is -2.07. The number of rotatable bonds is 4. The van der Waals surface area contributed by atoms with Crippen LogP contribution in [0.4, 0.5) is 5.95 Å². The number of aryl methyl sites for hydroxylation is 2. The van der Waals surface area contributed by atoms with Crippen LogP contribution in [0, 0.1) is 13.8 Å². The molecule has 0 aliphatic carbocycles. The molecule has 1 aromatic heterocycles. The fourth-order valence-electron chi connectivity index (χ4n) is 1.50. The van der Waals surface area contributed by atoms with Crippen molar-refractivity contribution in [3.63, 3.8) is 0 Å². The summed E-state index contributed by atoms with van der Waals surface area (Å²) in [6.07, 6.45) is 0. The topological polar surface area (TPSA) is 59.9 Å². The zero-order chi connectivity index (χ0) is 13.0. The van der Waals surface area contributed by atoms with Crippen LogP contribution in [0.3, 0.4) is 0 Å². The smallest absolute Gasteiger partial charge is 0.243 e. The summed E-state index contributed by atoms with van der Waals surface area (Å²) in [7, 11) is 1.66. The number of ether oxygens (including phenoxy) is 1. The molecule has 0 bridgehead atoms. The molecule has 1 aromatic carbocycles. The van der Waals surface area contributed by atoms with E-state index in [-0.39, 0.29) is 0 Å². The van der Waals surface area contributed by atoms with E-state index in [4.69, 9.17) is 4.74 Å². The lowest BCUT2D eigenvalue weighted by Gasteiger charge is -2.07. The van der Waals surface area contributed by atoms with Gasteiger partial charge in [0, 0.05) is 6.54 Å². The average Bonchev–Trinajstić information content (AvgIpc) is 2.40. The van der Waals surface area contributed by atoms with Crippen molar-refractivity contribution in [1.29, 1.82) is 0 Å². The molecular weight excluding hydrogens is 228 g/mol. The fourth-order valence-corrected chi connectivity index (χ4v) is 1.50. The summed E-state index contributed by atoms with van der Waals surface area (Å²) in [6.45, 7) is 4.45. The average molecular weight is 244 g/mol. The SMILES string of the molecule is COc1cccc(CNc2nnc(C)c(C)n2)c1. The first-order chi connectivity index (χ1) is 8.69. The number of hydrogen-bond acceptors (Lipinski definition) is 5. The van der Waals surface area contributed by atoms with E-state index in [1.807, 2.05) is 38.1 Å². The Hall–Kier alpha value is -2.17. The highest BCUT2D eigenvalue weighted by Gasteiger charge is 2.01. The first kappa shape index (κ1) is 12.3. The molecule has 0 saturated carbocycles. The summed E-state index contributed by atoms with van der Waals surface area (Å²) in [5.74, 6) is 1.38. The van der Waals surface area contributed by atoms with Gasteiger partial charge in [-0.15, -0.1) is 5.10 Å². The standard InChI is InChI=1S/C13H16N4O/c1-9-10(2)16-17-13(15-9)14-8-11-5-4-6-12(7-11)18-3/h4-7H,8H2,1-3H3,(H,14,15,17). The van der Waals surface area contributed by atoms with E-state index < -0.39 is 0 Å². The molecule has 0 unspecified atom stereocenters. The van der Waals surface area contributed by atoms with Gasteiger partial charge in [-0.25, -0.2) is 4.98 Å². The quantitative estimate of drug-likeness (QED) is 0.892. The van der Waals surface area contributed by atoms with Crippen LogP contribution in [0.25, 0.3) is 0 Å². The number of benzene rings is 1. The largest absolute Gasteiger partial charge is 0.497 e. The third-order valence-corrected chi connectivity index (χ3v) is 2.68. The molecule has 0 aliphatic heterocycles. The molecule has 2 rings (SSSR count). The Kier molecular flexibility index (Phi) is 3.72. The van der Waals surface area contributed by atoms with Crippen LogP contribution in [0.1, 0.15) is 17.0 Å². The van der Waals surface area contributed by atoms with Crippen LogP contribution in [-0.4, -0.2) is 22.3 Å². The normalized spacial score (nSPS) is 10.2. The Labute approximate surface area is 106 Å². The van der Waals surface area contributed by atoms with E-state index in [9.17, 15) is 0 Å². The van der Waals surface area contributed by atoms with Crippen LogP contribution in [0.5, 0.6) is 5.75 Å².